The Kier molecular flexibility index (Phi) is 5.31. The first-order chi connectivity index (χ1) is 16.7. The highest BCUT2D eigenvalue weighted by molar-refractivity contribution is 6.00. The predicted molar refractivity (Wildman–Crippen MR) is 128 cm³/mol. The van der Waals surface area contributed by atoms with Crippen LogP contribution in [0.4, 0.5) is 11.6 Å². The third-order valence-electron chi connectivity index (χ3n) is 6.37. The zero-order valence-corrected chi connectivity index (χ0v) is 19.9. The van der Waals surface area contributed by atoms with E-state index in [2.05, 4.69) is 5.32 Å². The van der Waals surface area contributed by atoms with Gasteiger partial charge in [-0.3, -0.25) is 14.9 Å². The van der Waals surface area contributed by atoms with Gasteiger partial charge in [-0.05, 0) is 30.0 Å². The standard InChI is InChI=1S/C25H25N5O5/c1-25(2)12-18-21(20(31)13-25)22(17-7-5-6-8-19(17)30(32)33)29-24(26-18)27-23(28-29)14-9-15(34-3)11-16(10-14)35-4/h5-11,22H,12-13H2,1-4H3,(H,26,27,28). The average molecular weight is 476 g/mol. The average Bonchev–Trinajstić information content (AvgIpc) is 3.25. The number of nitro benzene ring substituents is 1. The number of allylic oxidation sites excluding steroid dienone is 2. The van der Waals surface area contributed by atoms with Crippen LogP contribution in [-0.2, 0) is 4.79 Å². The van der Waals surface area contributed by atoms with E-state index in [4.69, 9.17) is 19.6 Å². The molecule has 1 N–H and O–H groups in total. The van der Waals surface area contributed by atoms with Crippen LogP contribution in [0.3, 0.4) is 0 Å². The summed E-state index contributed by atoms with van der Waals surface area (Å²) in [5.41, 5.74) is 1.93. The summed E-state index contributed by atoms with van der Waals surface area (Å²) < 4.78 is 12.3. The second-order valence-corrected chi connectivity index (χ2v) is 9.48. The molecule has 1 aromatic heterocycles. The molecule has 10 heteroatoms. The Balaban J connectivity index is 1.72. The van der Waals surface area contributed by atoms with Crippen molar-refractivity contribution >= 4 is 17.4 Å². The summed E-state index contributed by atoms with van der Waals surface area (Å²) in [4.78, 5) is 29.6. The smallest absolute Gasteiger partial charge is 0.275 e. The van der Waals surface area contributed by atoms with E-state index in [-0.39, 0.29) is 16.9 Å². The molecule has 2 heterocycles. The molecule has 10 nitrogen and oxygen atoms in total. The van der Waals surface area contributed by atoms with Gasteiger partial charge in [-0.2, -0.15) is 4.98 Å². The van der Waals surface area contributed by atoms with Gasteiger partial charge in [0.1, 0.15) is 17.5 Å². The fourth-order valence-electron chi connectivity index (χ4n) is 4.84. The van der Waals surface area contributed by atoms with Crippen LogP contribution in [0.2, 0.25) is 0 Å². The summed E-state index contributed by atoms with van der Waals surface area (Å²) in [6.45, 7) is 4.06. The number of nitro groups is 1. The maximum Gasteiger partial charge on any atom is 0.275 e. The number of hydrogen-bond donors (Lipinski definition) is 1. The summed E-state index contributed by atoms with van der Waals surface area (Å²) in [7, 11) is 3.11. The number of ketones is 1. The lowest BCUT2D eigenvalue weighted by Crippen LogP contribution is -2.36. The van der Waals surface area contributed by atoms with Gasteiger partial charge < -0.3 is 14.8 Å². The molecule has 0 saturated heterocycles. The summed E-state index contributed by atoms with van der Waals surface area (Å²) in [6, 6.07) is 11.0. The van der Waals surface area contributed by atoms with Gasteiger partial charge in [0, 0.05) is 35.4 Å². The number of hydrogen-bond acceptors (Lipinski definition) is 8. The highest BCUT2D eigenvalue weighted by Crippen LogP contribution is 2.47. The molecule has 0 spiro atoms. The van der Waals surface area contributed by atoms with Crippen LogP contribution in [0.25, 0.3) is 11.4 Å². The Morgan fingerprint density at radius 3 is 2.46 bits per heavy atom. The molecule has 0 saturated carbocycles. The van der Waals surface area contributed by atoms with E-state index in [1.807, 2.05) is 13.8 Å². The first-order valence-electron chi connectivity index (χ1n) is 11.2. The van der Waals surface area contributed by atoms with Gasteiger partial charge in [-0.15, -0.1) is 5.10 Å². The van der Waals surface area contributed by atoms with Crippen LogP contribution in [0.1, 0.15) is 38.3 Å². The molecule has 5 rings (SSSR count). The Morgan fingerprint density at radius 2 is 1.80 bits per heavy atom. The van der Waals surface area contributed by atoms with Gasteiger partial charge in [0.25, 0.3) is 5.69 Å². The number of benzene rings is 2. The molecular formula is C25H25N5O5. The molecule has 180 valence electrons. The van der Waals surface area contributed by atoms with Crippen molar-refractivity contribution in [2.45, 2.75) is 32.7 Å². The minimum Gasteiger partial charge on any atom is -0.497 e. The third kappa shape index (κ3) is 3.90. The molecule has 0 fully saturated rings. The lowest BCUT2D eigenvalue weighted by atomic mass is 9.73. The quantitative estimate of drug-likeness (QED) is 0.422. The summed E-state index contributed by atoms with van der Waals surface area (Å²) >= 11 is 0. The lowest BCUT2D eigenvalue weighted by molar-refractivity contribution is -0.385. The number of Topliss-reactive ketones (excluding diaryl/α,β-unsaturated/α-hetero) is 1. The Labute approximate surface area is 201 Å². The molecule has 2 aliphatic rings. The van der Waals surface area contributed by atoms with Crippen molar-refractivity contribution in [3.05, 3.63) is 69.4 Å². The van der Waals surface area contributed by atoms with Crippen LogP contribution < -0.4 is 14.8 Å². The van der Waals surface area contributed by atoms with Gasteiger partial charge in [0.05, 0.1) is 24.7 Å². The van der Waals surface area contributed by atoms with E-state index in [0.717, 1.165) is 5.70 Å². The number of carbonyl (C=O) groups excluding carboxylic acids is 1. The number of para-hydroxylation sites is 1. The van der Waals surface area contributed by atoms with Crippen LogP contribution in [0, 0.1) is 15.5 Å². The number of rotatable bonds is 5. The first-order valence-corrected chi connectivity index (χ1v) is 11.2. The number of anilines is 1. The maximum absolute atomic E-state index is 13.4. The fraction of sp³-hybridized carbons (Fsp3) is 0.320. The van der Waals surface area contributed by atoms with E-state index < -0.39 is 11.0 Å². The van der Waals surface area contributed by atoms with E-state index >= 15 is 0 Å². The molecule has 0 amide bonds. The highest BCUT2D eigenvalue weighted by atomic mass is 16.6. The van der Waals surface area contributed by atoms with Crippen molar-refractivity contribution in [3.8, 4) is 22.9 Å². The van der Waals surface area contributed by atoms with Crippen molar-refractivity contribution in [3.63, 3.8) is 0 Å². The third-order valence-corrected chi connectivity index (χ3v) is 6.37. The number of fused-ring (bicyclic) bond motifs is 1. The van der Waals surface area contributed by atoms with Gasteiger partial charge in [0.2, 0.25) is 5.95 Å². The largest absolute Gasteiger partial charge is 0.497 e. The fourth-order valence-corrected chi connectivity index (χ4v) is 4.84. The predicted octanol–water partition coefficient (Wildman–Crippen LogP) is 4.53. The Hall–Kier alpha value is -4.21. The second-order valence-electron chi connectivity index (χ2n) is 9.48. The topological polar surface area (TPSA) is 121 Å². The van der Waals surface area contributed by atoms with E-state index in [0.29, 0.717) is 52.8 Å². The minimum atomic E-state index is -0.778. The zero-order chi connectivity index (χ0) is 24.9. The molecule has 0 radical (unpaired) electrons. The number of nitrogens with one attached hydrogen (secondary N) is 1. The molecular weight excluding hydrogens is 450 g/mol. The molecule has 35 heavy (non-hydrogen) atoms. The van der Waals surface area contributed by atoms with Gasteiger partial charge >= 0.3 is 0 Å². The van der Waals surface area contributed by atoms with Crippen molar-refractivity contribution < 1.29 is 19.2 Å². The molecule has 1 aliphatic heterocycles. The normalized spacial score (nSPS) is 18.4. The minimum absolute atomic E-state index is 0.0577. The number of ether oxygens (including phenoxy) is 2. The zero-order valence-electron chi connectivity index (χ0n) is 19.9. The van der Waals surface area contributed by atoms with Crippen LogP contribution in [0.5, 0.6) is 11.5 Å². The Bertz CT molecular complexity index is 1370. The van der Waals surface area contributed by atoms with Crippen LogP contribution >= 0.6 is 0 Å². The molecule has 1 atom stereocenters. The van der Waals surface area contributed by atoms with Crippen molar-refractivity contribution in [1.29, 1.82) is 0 Å². The summed E-state index contributed by atoms with van der Waals surface area (Å²) in [5.74, 6) is 1.88. The number of aromatic nitrogens is 3. The van der Waals surface area contributed by atoms with Gasteiger partial charge in [-0.25, -0.2) is 4.68 Å². The summed E-state index contributed by atoms with van der Waals surface area (Å²) in [5, 5.41) is 19.9. The van der Waals surface area contributed by atoms with Crippen molar-refractivity contribution in [1.82, 2.24) is 14.8 Å². The molecule has 2 aromatic carbocycles. The highest BCUT2D eigenvalue weighted by Gasteiger charge is 2.43. The van der Waals surface area contributed by atoms with Gasteiger partial charge in [-0.1, -0.05) is 26.0 Å². The second kappa shape index (κ2) is 8.23. The van der Waals surface area contributed by atoms with E-state index in [9.17, 15) is 14.9 Å². The SMILES string of the molecule is COc1cc(OC)cc(-c2nc3n(n2)C(c2ccccc2[N+](=O)[O-])C2=C(CC(C)(C)CC2=O)N3)c1. The monoisotopic (exact) mass is 475 g/mol. The number of methoxy groups -OCH3 is 2. The van der Waals surface area contributed by atoms with Gasteiger partial charge in [0.15, 0.2) is 11.6 Å². The maximum atomic E-state index is 13.4. The van der Waals surface area contributed by atoms with Crippen molar-refractivity contribution in [2.75, 3.05) is 19.5 Å². The van der Waals surface area contributed by atoms with E-state index in [1.54, 1.807) is 55.3 Å². The first kappa shape index (κ1) is 22.6. The van der Waals surface area contributed by atoms with Crippen LogP contribution in [-0.4, -0.2) is 39.7 Å². The molecule has 1 unspecified atom stereocenters. The molecule has 3 aromatic rings. The number of nitrogens with zero attached hydrogens (tertiary/aromatic N) is 4. The molecule has 0 bridgehead atoms. The van der Waals surface area contributed by atoms with Crippen LogP contribution in [0.15, 0.2) is 53.7 Å². The van der Waals surface area contributed by atoms with E-state index in [1.165, 1.54) is 6.07 Å². The lowest BCUT2D eigenvalue weighted by Gasteiger charge is -2.38. The number of carbonyl (C=O) groups is 1. The Morgan fingerprint density at radius 1 is 1.11 bits per heavy atom. The molecule has 1 aliphatic carbocycles. The van der Waals surface area contributed by atoms with Crippen molar-refractivity contribution in [2.24, 2.45) is 5.41 Å². The summed E-state index contributed by atoms with van der Waals surface area (Å²) in [6.07, 6.45) is 0.953.